The first-order valence-electron chi connectivity index (χ1n) is 38.4. The third-order valence-corrected chi connectivity index (χ3v) is 18.2. The number of carbonyl (C=O) groups excluding carboxylic acids is 2. The molecule has 0 aliphatic rings. The van der Waals surface area contributed by atoms with Crippen molar-refractivity contribution >= 4 is 30.8 Å². The topological polar surface area (TPSA) is 173 Å². The predicted octanol–water partition coefficient (Wildman–Crippen LogP) is 14.4. The van der Waals surface area contributed by atoms with Crippen molar-refractivity contribution in [2.75, 3.05) is 192 Å². The van der Waals surface area contributed by atoms with E-state index in [0.717, 1.165) is 423 Å². The third-order valence-electron chi connectivity index (χ3n) is 15.5. The maximum Gasteiger partial charge on any atom is 0.161 e. The van der Waals surface area contributed by atoms with Crippen LogP contribution in [0.25, 0.3) is 0 Å². The highest BCUT2D eigenvalue weighted by Crippen LogP contribution is 2.10. The molecule has 0 atom stereocenters. The molecule has 0 aliphatic carbocycles. The van der Waals surface area contributed by atoms with Crippen molar-refractivity contribution in [2.24, 2.45) is 0 Å². The summed E-state index contributed by atoms with van der Waals surface area (Å²) in [6.07, 6.45) is 38.2. The molecule has 0 aromatic rings. The molecule has 0 radical (unpaired) electrons. The minimum atomic E-state index is -0.344. The monoisotopic (exact) mass is 1350 g/mol. The van der Waals surface area contributed by atoms with Crippen LogP contribution in [0.4, 0.5) is 0 Å². The lowest BCUT2D eigenvalue weighted by atomic mass is 10.1. The Morgan fingerprint density at radius 1 is 0.207 bits per heavy atom. The van der Waals surface area contributed by atoms with Gasteiger partial charge in [0.2, 0.25) is 0 Å². The Morgan fingerprint density at radius 3 is 0.500 bits per heavy atom. The molecule has 0 rings (SSSR count). The Bertz CT molecular complexity index is 1370. The second-order valence-corrected chi connectivity index (χ2v) is 27.8. The Morgan fingerprint density at radius 2 is 0.348 bits per heavy atom. The molecule has 0 N–H and O–H groups in total. The van der Waals surface area contributed by atoms with Crippen molar-refractivity contribution in [3.05, 3.63) is 0 Å². The van der Waals surface area contributed by atoms with Crippen LogP contribution in [0, 0.1) is 0 Å². The second-order valence-electron chi connectivity index (χ2n) is 24.6. The summed E-state index contributed by atoms with van der Waals surface area (Å²) < 4.78 is 86.4. The van der Waals surface area contributed by atoms with Crippen molar-refractivity contribution < 1.29 is 80.3 Å². The maximum absolute atomic E-state index is 12.0. The summed E-state index contributed by atoms with van der Waals surface area (Å²) in [5, 5.41) is 0. The largest absolute Gasteiger partial charge is 0.424 e. The van der Waals surface area contributed by atoms with Gasteiger partial charge in [0.25, 0.3) is 0 Å². The van der Waals surface area contributed by atoms with Gasteiger partial charge in [-0.1, -0.05) is 25.4 Å². The molecule has 0 aliphatic heterocycles. The average molecular weight is 1350 g/mol. The number of carbonyl (C=O) groups is 2. The van der Waals surface area contributed by atoms with Crippen LogP contribution in [0.5, 0.6) is 0 Å². The van der Waals surface area contributed by atoms with Crippen molar-refractivity contribution in [1.82, 2.24) is 0 Å². The first kappa shape index (κ1) is 91.2. The Labute approximate surface area is 569 Å². The lowest BCUT2D eigenvalue weighted by Crippen LogP contribution is -2.05. The summed E-state index contributed by atoms with van der Waals surface area (Å²) in [6.45, 7) is 27.5. The molecule has 0 spiro atoms. The Balaban J connectivity index is 3.11. The van der Waals surface area contributed by atoms with Crippen LogP contribution >= 0.6 is 0 Å². The van der Waals surface area contributed by atoms with Crippen molar-refractivity contribution in [3.8, 4) is 0 Å². The quantitative estimate of drug-likeness (QED) is 0.0415. The van der Waals surface area contributed by atoms with Gasteiger partial charge in [-0.3, -0.25) is 9.59 Å². The highest BCUT2D eigenvalue weighted by Gasteiger charge is 2.06. The van der Waals surface area contributed by atoms with Crippen LogP contribution < -0.4 is 0 Å². The summed E-state index contributed by atoms with van der Waals surface area (Å²) >= 11 is 0. The van der Waals surface area contributed by atoms with E-state index in [1.165, 1.54) is 18.5 Å². The maximum atomic E-state index is 12.0. The molecule has 0 amide bonds. The number of rotatable bonds is 87. The molecule has 0 bridgehead atoms. The Hall–Kier alpha value is -0.826. The highest BCUT2D eigenvalue weighted by molar-refractivity contribution is 6.33. The molecule has 17 nitrogen and oxygen atoms in total. The van der Waals surface area contributed by atoms with Gasteiger partial charge in [0.05, 0.1) is 0 Å². The predicted molar refractivity (Wildman–Crippen MR) is 381 cm³/mol. The number of ketones is 2. The molecular formula is C73H148O17Si2. The molecule has 550 valence electrons. The van der Waals surface area contributed by atoms with Gasteiger partial charge in [0, 0.05) is 227 Å². The van der Waals surface area contributed by atoms with E-state index in [1.54, 1.807) is 0 Å². The fourth-order valence-corrected chi connectivity index (χ4v) is 11.5. The molecule has 0 fully saturated rings. The minimum Gasteiger partial charge on any atom is -0.424 e. The number of unbranched alkanes of at least 4 members (excludes halogenated alkanes) is 17. The van der Waals surface area contributed by atoms with E-state index in [-0.39, 0.29) is 19.3 Å². The van der Waals surface area contributed by atoms with Gasteiger partial charge in [-0.25, -0.2) is 0 Å². The zero-order valence-corrected chi connectivity index (χ0v) is 63.0. The summed E-state index contributed by atoms with van der Waals surface area (Å²) in [7, 11) is -0.186. The van der Waals surface area contributed by atoms with Gasteiger partial charge in [0.1, 0.15) is 11.6 Å². The number of hydrogen-bond donors (Lipinski definition) is 0. The molecule has 0 aromatic heterocycles. The minimum absolute atomic E-state index is 0.158. The van der Waals surface area contributed by atoms with Crippen LogP contribution in [0.2, 0.25) is 18.6 Å². The summed E-state index contributed by atoms with van der Waals surface area (Å²) in [5.41, 5.74) is 0. The van der Waals surface area contributed by atoms with Gasteiger partial charge >= 0.3 is 0 Å². The fraction of sp³-hybridized carbons (Fsp3) is 0.973. The highest BCUT2D eigenvalue weighted by atomic mass is 28.2. The van der Waals surface area contributed by atoms with Gasteiger partial charge in [-0.15, -0.1) is 0 Å². The fourth-order valence-electron chi connectivity index (χ4n) is 9.64. The smallest absolute Gasteiger partial charge is 0.161 e. The van der Waals surface area contributed by atoms with E-state index in [1.807, 2.05) is 6.92 Å². The number of ether oxygens (including phenoxy) is 14. The normalized spacial score (nSPS) is 12.0. The van der Waals surface area contributed by atoms with Crippen LogP contribution in [-0.4, -0.2) is 222 Å². The summed E-state index contributed by atoms with van der Waals surface area (Å²) in [4.78, 5) is 23.9. The SMILES string of the molecule is CCO[SiH2]CCCCC(=O)CCCCOCCCCOCCCCOCCCCOCCCCOCCCCOCCCCOCCCCOCCCCOCCCCOCCCCOCCCCOCCCCOCCCCOCCCCC(=O)CCCC[SiH2]C. The molecular weight excluding hydrogens is 1200 g/mol. The van der Waals surface area contributed by atoms with E-state index in [9.17, 15) is 9.59 Å². The third kappa shape index (κ3) is 85.3. The Kier molecular flexibility index (Phi) is 85.5. The van der Waals surface area contributed by atoms with Crippen molar-refractivity contribution in [1.29, 1.82) is 0 Å². The van der Waals surface area contributed by atoms with E-state index in [0.29, 0.717) is 18.0 Å². The van der Waals surface area contributed by atoms with E-state index >= 15 is 0 Å². The van der Waals surface area contributed by atoms with Gasteiger partial charge in [-0.05, 0) is 218 Å². The van der Waals surface area contributed by atoms with Gasteiger partial charge in [0.15, 0.2) is 9.76 Å². The van der Waals surface area contributed by atoms with Crippen LogP contribution in [0.1, 0.15) is 251 Å². The first-order valence-corrected chi connectivity index (χ1v) is 42.4. The number of Topliss-reactive ketones (excluding diaryl/α,β-unsaturated/α-hetero) is 2. The molecule has 0 aromatic carbocycles. The average Bonchev–Trinajstić information content (AvgIpc) is 3.59. The standard InChI is InChI=1S/C73H148O17Si2/c1-3-90-92-71-37-7-41-73(75)39-5-9-43-77-45-11-13-47-79-49-15-17-51-81-53-19-21-55-83-57-23-25-59-85-61-27-29-63-87-65-31-33-67-89-69-35-34-68-88-66-32-30-64-86-62-28-26-60-84-58-24-22-56-82-54-20-18-52-80-50-16-14-48-78-46-12-10-44-76-42-8-4-38-72(74)40-6-36-70-91-2/h3-71,91-92H2,1-2H3. The second kappa shape index (κ2) is 86.3. The van der Waals surface area contributed by atoms with E-state index in [2.05, 4.69) is 6.55 Å². The summed E-state index contributed by atoms with van der Waals surface area (Å²) in [5.74, 6) is 0.833. The summed E-state index contributed by atoms with van der Waals surface area (Å²) in [6, 6.07) is 2.57. The number of hydrogen-bond acceptors (Lipinski definition) is 17. The molecule has 0 unspecified atom stereocenters. The van der Waals surface area contributed by atoms with Crippen LogP contribution in [-0.2, 0) is 80.3 Å². The van der Waals surface area contributed by atoms with Crippen molar-refractivity contribution in [3.63, 3.8) is 0 Å². The zero-order valence-electron chi connectivity index (χ0n) is 60.1. The van der Waals surface area contributed by atoms with Gasteiger partial charge in [-0.2, -0.15) is 0 Å². The van der Waals surface area contributed by atoms with Crippen LogP contribution in [0.3, 0.4) is 0 Å². The zero-order chi connectivity index (χ0) is 66.0. The molecule has 92 heavy (non-hydrogen) atoms. The molecule has 0 saturated heterocycles. The molecule has 19 heteroatoms. The van der Waals surface area contributed by atoms with Crippen molar-refractivity contribution in [2.45, 2.75) is 270 Å². The van der Waals surface area contributed by atoms with E-state index < -0.39 is 0 Å². The molecule has 0 heterocycles. The first-order chi connectivity index (χ1) is 45.7. The molecule has 0 saturated carbocycles. The van der Waals surface area contributed by atoms with Gasteiger partial charge < -0.3 is 70.7 Å². The van der Waals surface area contributed by atoms with Crippen LogP contribution in [0.15, 0.2) is 0 Å². The van der Waals surface area contributed by atoms with E-state index in [4.69, 9.17) is 70.7 Å². The lowest BCUT2D eigenvalue weighted by Gasteiger charge is -2.08. The lowest BCUT2D eigenvalue weighted by molar-refractivity contribution is -0.120.